The van der Waals surface area contributed by atoms with Crippen LogP contribution in [-0.4, -0.2) is 42.7 Å². The second-order valence-corrected chi connectivity index (χ2v) is 7.29. The summed E-state index contributed by atoms with van der Waals surface area (Å²) in [5.41, 5.74) is 0.206. The van der Waals surface area contributed by atoms with E-state index in [1.807, 2.05) is 13.0 Å². The van der Waals surface area contributed by atoms with Gasteiger partial charge in [0.1, 0.15) is 6.10 Å². The average molecular weight is 320 g/mol. The summed E-state index contributed by atoms with van der Waals surface area (Å²) in [6, 6.07) is 0. The molecule has 6 heteroatoms. The van der Waals surface area contributed by atoms with Crippen molar-refractivity contribution in [2.75, 3.05) is 7.11 Å². The quantitative estimate of drug-likeness (QED) is 0.728. The van der Waals surface area contributed by atoms with Crippen molar-refractivity contribution in [3.8, 4) is 0 Å². The molecule has 2 aliphatic carbocycles. The zero-order valence-electron chi connectivity index (χ0n) is 13.4. The molecular weight excluding hydrogens is 300 g/mol. The molecule has 0 amide bonds. The van der Waals surface area contributed by atoms with E-state index in [-0.39, 0.29) is 11.9 Å². The molecule has 4 aliphatic rings. The molecule has 2 aliphatic heterocycles. The molecule has 6 nitrogen and oxygen atoms in total. The number of hydrogen-bond acceptors (Lipinski definition) is 6. The van der Waals surface area contributed by atoms with Crippen molar-refractivity contribution < 1.29 is 28.9 Å². The first-order valence-corrected chi connectivity index (χ1v) is 7.89. The van der Waals surface area contributed by atoms with Crippen molar-refractivity contribution in [1.82, 2.24) is 0 Å². The Bertz CT molecular complexity index is 664. The Kier molecular flexibility index (Phi) is 2.88. The van der Waals surface area contributed by atoms with E-state index in [9.17, 15) is 14.7 Å². The zero-order valence-corrected chi connectivity index (χ0v) is 13.4. The van der Waals surface area contributed by atoms with Crippen molar-refractivity contribution in [1.29, 1.82) is 0 Å². The van der Waals surface area contributed by atoms with E-state index in [1.54, 1.807) is 6.92 Å². The van der Waals surface area contributed by atoms with E-state index in [4.69, 9.17) is 14.2 Å². The van der Waals surface area contributed by atoms with Crippen LogP contribution in [-0.2, 0) is 23.8 Å². The van der Waals surface area contributed by atoms with Gasteiger partial charge in [0, 0.05) is 30.1 Å². The van der Waals surface area contributed by atoms with E-state index in [0.717, 1.165) is 11.1 Å². The van der Waals surface area contributed by atoms with Gasteiger partial charge >= 0.3 is 11.9 Å². The van der Waals surface area contributed by atoms with Gasteiger partial charge in [0.2, 0.25) is 6.29 Å². The second-order valence-electron chi connectivity index (χ2n) is 7.29. The van der Waals surface area contributed by atoms with Crippen LogP contribution in [0.15, 0.2) is 23.3 Å². The van der Waals surface area contributed by atoms with E-state index >= 15 is 0 Å². The summed E-state index contributed by atoms with van der Waals surface area (Å²) >= 11 is 0. The van der Waals surface area contributed by atoms with E-state index in [1.165, 1.54) is 13.2 Å². The van der Waals surface area contributed by atoms with E-state index in [0.29, 0.717) is 12.8 Å². The highest BCUT2D eigenvalue weighted by Crippen LogP contribution is 2.64. The molecule has 6 atom stereocenters. The minimum absolute atomic E-state index is 0.204. The molecule has 0 aromatic rings. The predicted molar refractivity (Wildman–Crippen MR) is 77.9 cm³/mol. The first-order valence-electron chi connectivity index (χ1n) is 7.89. The summed E-state index contributed by atoms with van der Waals surface area (Å²) < 4.78 is 16.1. The molecule has 0 unspecified atom stereocenters. The van der Waals surface area contributed by atoms with Crippen molar-refractivity contribution in [3.63, 3.8) is 0 Å². The predicted octanol–water partition coefficient (Wildman–Crippen LogP) is 1.09. The molecule has 0 bridgehead atoms. The molecule has 0 aromatic heterocycles. The van der Waals surface area contributed by atoms with Crippen molar-refractivity contribution in [2.45, 2.75) is 45.2 Å². The number of carbonyl (C=O) groups is 2. The first-order chi connectivity index (χ1) is 10.8. The molecule has 0 spiro atoms. The second kappa shape index (κ2) is 4.45. The number of fused-ring (bicyclic) bond motifs is 2. The third kappa shape index (κ3) is 1.65. The van der Waals surface area contributed by atoms with Gasteiger partial charge in [0.15, 0.2) is 0 Å². The highest BCUT2D eigenvalue weighted by atomic mass is 16.7. The average Bonchev–Trinajstić information content (AvgIpc) is 2.78. The fourth-order valence-corrected chi connectivity index (χ4v) is 5.02. The van der Waals surface area contributed by atoms with Crippen molar-refractivity contribution in [2.24, 2.45) is 16.7 Å². The normalized spacial score (nSPS) is 47.8. The fourth-order valence-electron chi connectivity index (χ4n) is 5.02. The largest absolute Gasteiger partial charge is 0.457 e. The zero-order chi connectivity index (χ0) is 16.6. The van der Waals surface area contributed by atoms with Crippen LogP contribution in [0, 0.1) is 16.7 Å². The summed E-state index contributed by atoms with van der Waals surface area (Å²) in [6.07, 6.45) is 2.53. The standard InChI is InChI=1S/C17H20O6/c1-16-5-4-11(18)17(2)13(16)10(22-15(17)20)6-8-9(16)7-12(19)23-14(8)21-3/h6-7,10-11,13-14,18H,4-5H2,1-3H3/t10-,11-,13-,14+,16-,17+/m1/s1. The number of rotatable bonds is 1. The van der Waals surface area contributed by atoms with E-state index in [2.05, 4.69) is 0 Å². The molecule has 1 N–H and O–H groups in total. The van der Waals surface area contributed by atoms with E-state index < -0.39 is 35.3 Å². The topological polar surface area (TPSA) is 82.1 Å². The maximum Gasteiger partial charge on any atom is 0.333 e. The van der Waals surface area contributed by atoms with Gasteiger partial charge in [-0.3, -0.25) is 4.79 Å². The molecular formula is C17H20O6. The Morgan fingerprint density at radius 2 is 2.04 bits per heavy atom. The maximum atomic E-state index is 12.5. The molecule has 0 radical (unpaired) electrons. The molecule has 4 rings (SSSR count). The lowest BCUT2D eigenvalue weighted by Crippen LogP contribution is -2.56. The molecule has 124 valence electrons. The maximum absolute atomic E-state index is 12.5. The Morgan fingerprint density at radius 3 is 2.74 bits per heavy atom. The lowest BCUT2D eigenvalue weighted by atomic mass is 9.49. The van der Waals surface area contributed by atoms with Gasteiger partial charge in [-0.2, -0.15) is 0 Å². The van der Waals surface area contributed by atoms with Crippen LogP contribution >= 0.6 is 0 Å². The Hall–Kier alpha value is -1.66. The summed E-state index contributed by atoms with van der Waals surface area (Å²) in [5, 5.41) is 10.5. The highest BCUT2D eigenvalue weighted by molar-refractivity contribution is 5.87. The van der Waals surface area contributed by atoms with Crippen molar-refractivity contribution >= 4 is 11.9 Å². The van der Waals surface area contributed by atoms with Gasteiger partial charge in [0.25, 0.3) is 0 Å². The van der Waals surface area contributed by atoms with Gasteiger partial charge in [-0.1, -0.05) is 6.92 Å². The van der Waals surface area contributed by atoms with Gasteiger partial charge in [-0.05, 0) is 31.4 Å². The summed E-state index contributed by atoms with van der Waals surface area (Å²) in [7, 11) is 1.48. The third-order valence-electron chi connectivity index (χ3n) is 6.20. The summed E-state index contributed by atoms with van der Waals surface area (Å²) in [5.74, 6) is -1.02. The molecule has 1 saturated carbocycles. The number of aliphatic hydroxyl groups is 1. The number of esters is 2. The fraction of sp³-hybridized carbons (Fsp3) is 0.647. The van der Waals surface area contributed by atoms with Crippen molar-refractivity contribution in [3.05, 3.63) is 23.3 Å². The Balaban J connectivity index is 1.93. The minimum atomic E-state index is -0.954. The van der Waals surface area contributed by atoms with Crippen LogP contribution in [0.1, 0.15) is 26.7 Å². The number of cyclic esters (lactones) is 1. The molecule has 2 fully saturated rings. The van der Waals surface area contributed by atoms with Crippen LogP contribution in [0.4, 0.5) is 0 Å². The van der Waals surface area contributed by atoms with Gasteiger partial charge < -0.3 is 19.3 Å². The molecule has 1 saturated heterocycles. The number of ether oxygens (including phenoxy) is 3. The van der Waals surface area contributed by atoms with Crippen LogP contribution in [0.2, 0.25) is 0 Å². The smallest absolute Gasteiger partial charge is 0.333 e. The van der Waals surface area contributed by atoms with Crippen LogP contribution in [0.5, 0.6) is 0 Å². The van der Waals surface area contributed by atoms with Crippen LogP contribution in [0.3, 0.4) is 0 Å². The van der Waals surface area contributed by atoms with Crippen LogP contribution < -0.4 is 0 Å². The lowest BCUT2D eigenvalue weighted by Gasteiger charge is -2.53. The number of hydrogen-bond donors (Lipinski definition) is 1. The monoisotopic (exact) mass is 320 g/mol. The summed E-state index contributed by atoms with van der Waals surface area (Å²) in [4.78, 5) is 24.4. The Labute approximate surface area is 134 Å². The molecule has 2 heterocycles. The van der Waals surface area contributed by atoms with Gasteiger partial charge in [-0.25, -0.2) is 4.79 Å². The highest BCUT2D eigenvalue weighted by Gasteiger charge is 2.68. The van der Waals surface area contributed by atoms with Crippen LogP contribution in [0.25, 0.3) is 0 Å². The molecule has 0 aromatic carbocycles. The third-order valence-corrected chi connectivity index (χ3v) is 6.20. The summed E-state index contributed by atoms with van der Waals surface area (Å²) in [6.45, 7) is 3.82. The minimum Gasteiger partial charge on any atom is -0.457 e. The molecule has 23 heavy (non-hydrogen) atoms. The lowest BCUT2D eigenvalue weighted by molar-refractivity contribution is -0.163. The first kappa shape index (κ1) is 14.9. The van der Waals surface area contributed by atoms with Gasteiger partial charge in [-0.15, -0.1) is 0 Å². The number of methoxy groups -OCH3 is 1. The van der Waals surface area contributed by atoms with Gasteiger partial charge in [0.05, 0.1) is 11.5 Å². The number of carbonyl (C=O) groups excluding carboxylic acids is 2. The SMILES string of the molecule is CO[C@H]1OC(=O)C=C2C1=C[C@H]1OC(=O)[C@@]3(C)[C@H](O)CC[C@@]2(C)[C@@H]13. The number of aliphatic hydroxyl groups excluding tert-OH is 1. The Morgan fingerprint density at radius 1 is 1.30 bits per heavy atom.